The van der Waals surface area contributed by atoms with Crippen LogP contribution in [0.25, 0.3) is 0 Å². The molecule has 0 heterocycles. The first-order chi connectivity index (χ1) is 2.64. The maximum atomic E-state index is 9.71. The fraction of sp³-hybridized carbons (Fsp3) is 0. The average molecular weight is 142 g/mol. The maximum Gasteiger partial charge on any atom is 0.197 e. The van der Waals surface area contributed by atoms with E-state index in [-0.39, 0.29) is 0 Å². The van der Waals surface area contributed by atoms with Gasteiger partial charge in [-0.2, -0.15) is 0 Å². The van der Waals surface area contributed by atoms with Gasteiger partial charge in [-0.25, -0.2) is 4.21 Å². The lowest BCUT2D eigenvalue weighted by Crippen LogP contribution is -1.79. The van der Waals surface area contributed by atoms with Crippen molar-refractivity contribution in [2.24, 2.45) is 0 Å². The first-order valence-corrected chi connectivity index (χ1v) is 3.51. The lowest BCUT2D eigenvalue weighted by Gasteiger charge is -1.65. The summed E-state index contributed by atoms with van der Waals surface area (Å²) in [5.74, 6) is 0. The Kier molecular flexibility index (Phi) is 2.75. The summed E-state index contributed by atoms with van der Waals surface area (Å²) in [6, 6.07) is 0. The van der Waals surface area contributed by atoms with Gasteiger partial charge in [0, 0.05) is 11.2 Å². The van der Waals surface area contributed by atoms with Crippen LogP contribution < -0.4 is 0 Å². The van der Waals surface area contributed by atoms with Crippen LogP contribution in [0.5, 0.6) is 0 Å². The van der Waals surface area contributed by atoms with Crippen molar-refractivity contribution in [3.05, 3.63) is 0 Å². The van der Waals surface area contributed by atoms with Gasteiger partial charge in [-0.1, -0.05) is 0 Å². The van der Waals surface area contributed by atoms with Crippen LogP contribution in [0.3, 0.4) is 0 Å². The monoisotopic (exact) mass is 142 g/mol. The van der Waals surface area contributed by atoms with E-state index in [1.807, 2.05) is 0 Å². The highest BCUT2D eigenvalue weighted by atomic mass is 32.8. The summed E-state index contributed by atoms with van der Waals surface area (Å²) < 4.78 is 9.20. The van der Waals surface area contributed by atoms with Crippen LogP contribution in [0.4, 0.5) is 0 Å². The van der Waals surface area contributed by atoms with Gasteiger partial charge in [0.1, 0.15) is 8.95 Å². The molecule has 0 aliphatic carbocycles. The Balaban J connectivity index is 4.58. The highest BCUT2D eigenvalue weighted by Gasteiger charge is 1.71. The fourth-order valence-electron chi connectivity index (χ4n) is 0. The number of rotatable bonds is 0. The molecule has 0 atom stereocenters. The van der Waals surface area contributed by atoms with Crippen molar-refractivity contribution in [3.63, 3.8) is 0 Å². The number of thiol groups is 1. The topological polar surface area (TPSA) is 37.3 Å². The van der Waals surface area contributed by atoms with E-state index < -0.39 is 13.3 Å². The molecule has 0 aromatic carbocycles. The van der Waals surface area contributed by atoms with Crippen molar-refractivity contribution >= 4 is 37.1 Å². The molecule has 0 aromatic heterocycles. The van der Waals surface area contributed by atoms with Gasteiger partial charge in [-0.15, -0.1) is 12.6 Å². The number of aliphatic hydroxyl groups excluding tert-OH is 1. The highest BCUT2D eigenvalue weighted by Crippen LogP contribution is 1.67. The van der Waals surface area contributed by atoms with E-state index in [1.165, 1.54) is 0 Å². The molecule has 5 heteroatoms. The third-order valence-electron chi connectivity index (χ3n) is 0.149. The predicted molar refractivity (Wildman–Crippen MR) is 32.1 cm³/mol. The van der Waals surface area contributed by atoms with Crippen molar-refractivity contribution in [2.75, 3.05) is 0 Å². The van der Waals surface area contributed by atoms with Crippen LogP contribution in [0, 0.1) is 0 Å². The van der Waals surface area contributed by atoms with E-state index in [9.17, 15) is 4.21 Å². The van der Waals surface area contributed by atoms with E-state index >= 15 is 0 Å². The van der Waals surface area contributed by atoms with E-state index in [2.05, 4.69) is 23.8 Å². The summed E-state index contributed by atoms with van der Waals surface area (Å²) in [5.41, 5.74) is 0. The molecule has 0 fully saturated rings. The van der Waals surface area contributed by atoms with E-state index in [0.29, 0.717) is 0 Å². The smallest absolute Gasteiger partial charge is 0.197 e. The average Bonchev–Trinajstić information content (AvgIpc) is 1.36. The van der Waals surface area contributed by atoms with Crippen molar-refractivity contribution in [3.8, 4) is 0 Å². The molecule has 0 spiro atoms. The Bertz CT molecular complexity index is 140. The molecule has 36 valence electrons. The van der Waals surface area contributed by atoms with Gasteiger partial charge in [-0.05, 0) is 0 Å². The molecular weight excluding hydrogens is 140 g/mol. The molecule has 0 bridgehead atoms. The van der Waals surface area contributed by atoms with Crippen molar-refractivity contribution < 1.29 is 9.32 Å². The highest BCUT2D eigenvalue weighted by molar-refractivity contribution is 8.28. The summed E-state index contributed by atoms with van der Waals surface area (Å²) in [7, 11) is -1.70. The minimum atomic E-state index is -1.70. The third kappa shape index (κ3) is 2.65. The Labute approximate surface area is 46.9 Å². The third-order valence-corrected chi connectivity index (χ3v) is 1.79. The molecule has 0 aromatic rings. The second kappa shape index (κ2) is 2.57. The molecule has 0 aliphatic rings. The van der Waals surface area contributed by atoms with Gasteiger partial charge < -0.3 is 5.11 Å². The van der Waals surface area contributed by atoms with Gasteiger partial charge in [0.15, 0.2) is 4.38 Å². The summed E-state index contributed by atoms with van der Waals surface area (Å²) in [5, 5.41) is 8.01. The van der Waals surface area contributed by atoms with Crippen molar-refractivity contribution in [2.45, 2.75) is 0 Å². The van der Waals surface area contributed by atoms with Crippen LogP contribution in [0.15, 0.2) is 0 Å². The SMILES string of the molecule is O=S(=S)=C(O)S. The maximum absolute atomic E-state index is 9.71. The first kappa shape index (κ1) is 6.42. The summed E-state index contributed by atoms with van der Waals surface area (Å²) in [6.07, 6.45) is 0. The van der Waals surface area contributed by atoms with E-state index in [4.69, 9.17) is 5.11 Å². The Morgan fingerprint density at radius 1 is 2.00 bits per heavy atom. The fourth-order valence-corrected chi connectivity index (χ4v) is 0. The van der Waals surface area contributed by atoms with Gasteiger partial charge in [0.2, 0.25) is 0 Å². The van der Waals surface area contributed by atoms with E-state index in [1.54, 1.807) is 0 Å². The minimum absolute atomic E-state index is 0.509. The Hall–Kier alpha value is 0.420. The van der Waals surface area contributed by atoms with Gasteiger partial charge >= 0.3 is 0 Å². The normalized spacial score (nSPS) is 7.67. The number of aliphatic hydroxyl groups is 1. The van der Waals surface area contributed by atoms with Crippen LogP contribution in [0.2, 0.25) is 0 Å². The Morgan fingerprint density at radius 2 is 2.17 bits per heavy atom. The quantitative estimate of drug-likeness (QED) is 0.362. The molecule has 0 amide bonds. The molecular formula is CH2O2S3. The number of hydrogen-bond acceptors (Lipinski definition) is 2. The molecule has 2 nitrogen and oxygen atoms in total. The molecule has 6 heavy (non-hydrogen) atoms. The van der Waals surface area contributed by atoms with E-state index in [0.717, 1.165) is 0 Å². The summed E-state index contributed by atoms with van der Waals surface area (Å²) >= 11 is 7.27. The lowest BCUT2D eigenvalue weighted by atomic mass is 11.7. The Morgan fingerprint density at radius 3 is 2.17 bits per heavy atom. The summed E-state index contributed by atoms with van der Waals surface area (Å²) in [6.45, 7) is 0. The van der Waals surface area contributed by atoms with Crippen LogP contribution in [0.1, 0.15) is 0 Å². The van der Waals surface area contributed by atoms with Gasteiger partial charge in [0.25, 0.3) is 0 Å². The van der Waals surface area contributed by atoms with Crippen molar-refractivity contribution in [1.82, 2.24) is 0 Å². The minimum Gasteiger partial charge on any atom is -0.345 e. The standard InChI is InChI=1S/CH2O2S3/c2-1(4)6(3)5/h2,4H. The second-order valence-electron chi connectivity index (χ2n) is 0.517. The van der Waals surface area contributed by atoms with Crippen LogP contribution in [-0.2, 0) is 20.1 Å². The zero-order valence-corrected chi connectivity index (χ0v) is 5.15. The van der Waals surface area contributed by atoms with Gasteiger partial charge in [-0.3, -0.25) is 0 Å². The summed E-state index contributed by atoms with van der Waals surface area (Å²) in [4.78, 5) is 0. The van der Waals surface area contributed by atoms with Crippen LogP contribution >= 0.6 is 12.6 Å². The zero-order valence-electron chi connectivity index (χ0n) is 2.62. The largest absolute Gasteiger partial charge is 0.345 e. The molecule has 0 aliphatic heterocycles. The molecule has 0 radical (unpaired) electrons. The molecule has 0 saturated carbocycles. The first-order valence-electron chi connectivity index (χ1n) is 0.985. The molecule has 0 rings (SSSR count). The van der Waals surface area contributed by atoms with Gasteiger partial charge in [0.05, 0.1) is 0 Å². The lowest BCUT2D eigenvalue weighted by molar-refractivity contribution is 0.583. The van der Waals surface area contributed by atoms with Crippen LogP contribution in [-0.4, -0.2) is 13.7 Å². The molecule has 0 unspecified atom stereocenters. The van der Waals surface area contributed by atoms with Crippen molar-refractivity contribution in [1.29, 1.82) is 0 Å². The zero-order chi connectivity index (χ0) is 5.15. The predicted octanol–water partition coefficient (Wildman–Crippen LogP) is -0.228. The number of hydrogen-bond donors (Lipinski definition) is 2. The molecule has 0 saturated heterocycles. The molecule has 1 N–H and O–H groups in total. The second-order valence-corrected chi connectivity index (χ2v) is 3.01.